The van der Waals surface area contributed by atoms with E-state index in [1.54, 1.807) is 0 Å². The molecule has 29 heavy (non-hydrogen) atoms. The standard InChI is InChI=1S/C18H24N2O2.C2HF3O2/c1-14-10-17(19-22-14)13-20-9-8-18(21-2)16(12-20)11-15-6-4-3-5-7-15;3-2(4,5)1(6)7/h3-7,10,16,18H,8-9,11-13H2,1-2H3;(H,6,7)/t16-,18+;/m0./s1. The van der Waals surface area contributed by atoms with E-state index in [0.29, 0.717) is 12.0 Å². The SMILES string of the molecule is CO[C@@H]1CCN(Cc2cc(C)on2)C[C@@H]1Cc1ccccc1.O=C(O)C(F)(F)F. The van der Waals surface area contributed by atoms with Gasteiger partial charge in [-0.15, -0.1) is 0 Å². The third kappa shape index (κ3) is 7.51. The van der Waals surface area contributed by atoms with Crippen molar-refractivity contribution in [2.45, 2.75) is 38.6 Å². The summed E-state index contributed by atoms with van der Waals surface area (Å²) in [5.74, 6) is -1.36. The zero-order valence-electron chi connectivity index (χ0n) is 16.4. The van der Waals surface area contributed by atoms with E-state index in [1.807, 2.05) is 20.1 Å². The summed E-state index contributed by atoms with van der Waals surface area (Å²) in [6, 6.07) is 12.7. The Hall–Kier alpha value is -2.39. The van der Waals surface area contributed by atoms with Gasteiger partial charge in [0.25, 0.3) is 0 Å². The number of benzene rings is 1. The van der Waals surface area contributed by atoms with Gasteiger partial charge < -0.3 is 14.4 Å². The summed E-state index contributed by atoms with van der Waals surface area (Å²) in [6.45, 7) is 4.89. The summed E-state index contributed by atoms with van der Waals surface area (Å²) < 4.78 is 42.6. The van der Waals surface area contributed by atoms with Gasteiger partial charge in [0, 0.05) is 38.7 Å². The monoisotopic (exact) mass is 414 g/mol. The molecule has 1 aromatic heterocycles. The first kappa shape index (κ1) is 22.9. The Kier molecular flexibility index (Phi) is 8.21. The minimum Gasteiger partial charge on any atom is -0.475 e. The van der Waals surface area contributed by atoms with Crippen LogP contribution in [0.2, 0.25) is 0 Å². The number of aromatic nitrogens is 1. The first-order valence-corrected chi connectivity index (χ1v) is 9.20. The molecule has 1 fully saturated rings. The summed E-state index contributed by atoms with van der Waals surface area (Å²) >= 11 is 0. The molecule has 1 saturated heterocycles. The van der Waals surface area contributed by atoms with Crippen LogP contribution < -0.4 is 0 Å². The number of alkyl halides is 3. The second-order valence-electron chi connectivity index (χ2n) is 6.98. The van der Waals surface area contributed by atoms with Crippen molar-refractivity contribution in [3.8, 4) is 0 Å². The fourth-order valence-electron chi connectivity index (χ4n) is 3.37. The van der Waals surface area contributed by atoms with Crippen LogP contribution in [-0.4, -0.2) is 53.6 Å². The second kappa shape index (κ2) is 10.4. The highest BCUT2D eigenvalue weighted by Crippen LogP contribution is 2.24. The maximum absolute atomic E-state index is 10.6. The van der Waals surface area contributed by atoms with E-state index in [0.717, 1.165) is 43.9 Å². The lowest BCUT2D eigenvalue weighted by Crippen LogP contribution is -2.44. The molecule has 2 heterocycles. The number of hydrogen-bond donors (Lipinski definition) is 1. The number of ether oxygens (including phenoxy) is 1. The van der Waals surface area contributed by atoms with Crippen molar-refractivity contribution < 1.29 is 32.3 Å². The maximum atomic E-state index is 10.6. The Morgan fingerprint density at radius 2 is 2.00 bits per heavy atom. The van der Waals surface area contributed by atoms with E-state index in [1.165, 1.54) is 5.56 Å². The van der Waals surface area contributed by atoms with Gasteiger partial charge in [-0.25, -0.2) is 4.79 Å². The lowest BCUT2D eigenvalue weighted by Gasteiger charge is -2.37. The van der Waals surface area contributed by atoms with Gasteiger partial charge in [-0.1, -0.05) is 35.5 Å². The first-order chi connectivity index (χ1) is 13.7. The molecule has 160 valence electrons. The molecule has 0 bridgehead atoms. The number of piperidine rings is 1. The third-order valence-electron chi connectivity index (χ3n) is 4.70. The van der Waals surface area contributed by atoms with Crippen LogP contribution in [0.25, 0.3) is 0 Å². The Bertz CT molecular complexity index is 765. The molecule has 0 unspecified atom stereocenters. The van der Waals surface area contributed by atoms with Crippen molar-refractivity contribution >= 4 is 5.97 Å². The average molecular weight is 414 g/mol. The lowest BCUT2D eigenvalue weighted by molar-refractivity contribution is -0.192. The number of halogens is 3. The molecule has 1 aliphatic rings. The molecule has 0 saturated carbocycles. The number of aliphatic carboxylic acids is 1. The normalized spacial score (nSPS) is 20.0. The highest BCUT2D eigenvalue weighted by molar-refractivity contribution is 5.73. The molecule has 1 aliphatic heterocycles. The third-order valence-corrected chi connectivity index (χ3v) is 4.70. The van der Waals surface area contributed by atoms with Crippen molar-refractivity contribution in [1.82, 2.24) is 10.1 Å². The Morgan fingerprint density at radius 1 is 1.34 bits per heavy atom. The molecule has 0 aliphatic carbocycles. The number of carboxylic acids is 1. The number of likely N-dealkylation sites (tertiary alicyclic amines) is 1. The van der Waals surface area contributed by atoms with Gasteiger partial charge in [-0.2, -0.15) is 13.2 Å². The summed E-state index contributed by atoms with van der Waals surface area (Å²) in [5, 5.41) is 11.2. The summed E-state index contributed by atoms with van der Waals surface area (Å²) in [6.07, 6.45) is -2.60. The maximum Gasteiger partial charge on any atom is 0.490 e. The number of hydrogen-bond acceptors (Lipinski definition) is 5. The average Bonchev–Trinajstić information content (AvgIpc) is 3.07. The number of aryl methyl sites for hydroxylation is 1. The van der Waals surface area contributed by atoms with Crippen LogP contribution >= 0.6 is 0 Å². The van der Waals surface area contributed by atoms with Gasteiger partial charge in [0.2, 0.25) is 0 Å². The molecular weight excluding hydrogens is 389 g/mol. The molecule has 2 atom stereocenters. The van der Waals surface area contributed by atoms with Gasteiger partial charge in [-0.3, -0.25) is 4.90 Å². The molecule has 6 nitrogen and oxygen atoms in total. The highest BCUT2D eigenvalue weighted by atomic mass is 19.4. The van der Waals surface area contributed by atoms with Crippen molar-refractivity contribution in [3.63, 3.8) is 0 Å². The van der Waals surface area contributed by atoms with Gasteiger partial charge in [0.15, 0.2) is 0 Å². The molecule has 1 N–H and O–H groups in total. The predicted octanol–water partition coefficient (Wildman–Crippen LogP) is 3.70. The van der Waals surface area contributed by atoms with Crippen molar-refractivity contribution in [2.24, 2.45) is 5.92 Å². The smallest absolute Gasteiger partial charge is 0.475 e. The largest absolute Gasteiger partial charge is 0.490 e. The first-order valence-electron chi connectivity index (χ1n) is 9.20. The summed E-state index contributed by atoms with van der Waals surface area (Å²) in [5.41, 5.74) is 2.40. The van der Waals surface area contributed by atoms with E-state index >= 15 is 0 Å². The summed E-state index contributed by atoms with van der Waals surface area (Å²) in [4.78, 5) is 11.4. The molecule has 0 radical (unpaired) electrons. The van der Waals surface area contributed by atoms with E-state index in [4.69, 9.17) is 19.2 Å². The Labute approximate surface area is 167 Å². The number of nitrogens with zero attached hydrogens (tertiary/aromatic N) is 2. The van der Waals surface area contributed by atoms with Crippen LogP contribution in [0.5, 0.6) is 0 Å². The number of carbonyl (C=O) groups is 1. The quantitative estimate of drug-likeness (QED) is 0.804. The van der Waals surface area contributed by atoms with Gasteiger partial charge in [0.05, 0.1) is 11.8 Å². The lowest BCUT2D eigenvalue weighted by atomic mass is 9.88. The van der Waals surface area contributed by atoms with Gasteiger partial charge >= 0.3 is 12.1 Å². The van der Waals surface area contributed by atoms with Crippen LogP contribution in [-0.2, 0) is 22.5 Å². The number of carboxylic acid groups (broad SMARTS) is 1. The van der Waals surface area contributed by atoms with Crippen LogP contribution in [0, 0.1) is 12.8 Å². The Morgan fingerprint density at radius 3 is 2.52 bits per heavy atom. The van der Waals surface area contributed by atoms with E-state index < -0.39 is 12.1 Å². The topological polar surface area (TPSA) is 75.8 Å². The molecular formula is C20H25F3N2O4. The molecule has 9 heteroatoms. The van der Waals surface area contributed by atoms with Crippen molar-refractivity contribution in [3.05, 3.63) is 53.4 Å². The molecule has 2 aromatic rings. The van der Waals surface area contributed by atoms with Crippen LogP contribution in [0.15, 0.2) is 40.9 Å². The zero-order chi connectivity index (χ0) is 21.4. The predicted molar refractivity (Wildman–Crippen MR) is 99.3 cm³/mol. The fraction of sp³-hybridized carbons (Fsp3) is 0.500. The van der Waals surface area contributed by atoms with Crippen LogP contribution in [0.1, 0.15) is 23.4 Å². The number of rotatable bonds is 5. The van der Waals surface area contributed by atoms with Gasteiger partial charge in [-0.05, 0) is 25.3 Å². The second-order valence-corrected chi connectivity index (χ2v) is 6.98. The number of methoxy groups -OCH3 is 1. The van der Waals surface area contributed by atoms with Crippen LogP contribution in [0.4, 0.5) is 13.2 Å². The van der Waals surface area contributed by atoms with E-state index in [9.17, 15) is 13.2 Å². The molecule has 3 rings (SSSR count). The Balaban J connectivity index is 0.000000370. The van der Waals surface area contributed by atoms with Crippen molar-refractivity contribution in [1.29, 1.82) is 0 Å². The highest BCUT2D eigenvalue weighted by Gasteiger charge is 2.38. The van der Waals surface area contributed by atoms with Crippen molar-refractivity contribution in [2.75, 3.05) is 20.2 Å². The fourth-order valence-corrected chi connectivity index (χ4v) is 3.37. The molecule has 0 amide bonds. The van der Waals surface area contributed by atoms with E-state index in [2.05, 4.69) is 40.4 Å². The minimum absolute atomic E-state index is 0.343. The summed E-state index contributed by atoms with van der Waals surface area (Å²) in [7, 11) is 1.83. The van der Waals surface area contributed by atoms with E-state index in [-0.39, 0.29) is 0 Å². The van der Waals surface area contributed by atoms with Crippen LogP contribution in [0.3, 0.4) is 0 Å². The molecule has 1 aromatic carbocycles. The van der Waals surface area contributed by atoms with Gasteiger partial charge in [0.1, 0.15) is 5.76 Å². The molecule has 0 spiro atoms. The zero-order valence-corrected chi connectivity index (χ0v) is 16.4. The minimum atomic E-state index is -5.08.